The van der Waals surface area contributed by atoms with Gasteiger partial charge in [0.25, 0.3) is 5.91 Å². The summed E-state index contributed by atoms with van der Waals surface area (Å²) >= 11 is 6.33. The highest BCUT2D eigenvalue weighted by molar-refractivity contribution is 6.31. The highest BCUT2D eigenvalue weighted by Crippen LogP contribution is 2.39. The number of halogens is 1. The van der Waals surface area contributed by atoms with Gasteiger partial charge >= 0.3 is 0 Å². The molecule has 0 radical (unpaired) electrons. The molecule has 2 heterocycles. The lowest BCUT2D eigenvalue weighted by Crippen LogP contribution is -2.49. The zero-order chi connectivity index (χ0) is 17.4. The number of rotatable bonds is 4. The molecule has 2 aromatic rings. The van der Waals surface area contributed by atoms with Crippen LogP contribution in [0.25, 0.3) is 0 Å². The van der Waals surface area contributed by atoms with Gasteiger partial charge in [0.2, 0.25) is 0 Å². The predicted molar refractivity (Wildman–Crippen MR) is 97.9 cm³/mol. The number of amides is 1. The third kappa shape index (κ3) is 3.44. The molecule has 25 heavy (non-hydrogen) atoms. The maximum Gasteiger partial charge on any atom is 0.274 e. The number of carbonyl (C=O) groups is 1. The van der Waals surface area contributed by atoms with Gasteiger partial charge in [0.15, 0.2) is 0 Å². The smallest absolute Gasteiger partial charge is 0.274 e. The van der Waals surface area contributed by atoms with Crippen LogP contribution in [0, 0.1) is 0 Å². The summed E-state index contributed by atoms with van der Waals surface area (Å²) < 4.78 is 0. The number of hydrogen-bond acceptors (Lipinski definition) is 3. The molecule has 6 heteroatoms. The lowest BCUT2D eigenvalue weighted by molar-refractivity contribution is 0.0576. The van der Waals surface area contributed by atoms with Crippen LogP contribution in [0.2, 0.25) is 5.02 Å². The van der Waals surface area contributed by atoms with Gasteiger partial charge in [-0.1, -0.05) is 29.8 Å². The fourth-order valence-corrected chi connectivity index (χ4v) is 3.83. The molecule has 132 valence electrons. The second-order valence-corrected chi connectivity index (χ2v) is 7.42. The van der Waals surface area contributed by atoms with Crippen LogP contribution in [-0.2, 0) is 0 Å². The number of piperazine rings is 1. The minimum atomic E-state index is 0.0354. The van der Waals surface area contributed by atoms with E-state index in [1.165, 1.54) is 12.8 Å². The van der Waals surface area contributed by atoms with Crippen LogP contribution in [-0.4, -0.2) is 52.1 Å². The SMILES string of the molecule is C[C@@H](c1ccccc1Cl)N1CCN(C(=O)c2cc(C3CC3)[nH]n2)CC1. The maximum absolute atomic E-state index is 12.7. The van der Waals surface area contributed by atoms with Crippen molar-refractivity contribution in [2.24, 2.45) is 0 Å². The van der Waals surface area contributed by atoms with E-state index in [9.17, 15) is 4.79 Å². The molecule has 0 spiro atoms. The van der Waals surface area contributed by atoms with E-state index in [1.54, 1.807) is 0 Å². The zero-order valence-corrected chi connectivity index (χ0v) is 15.2. The van der Waals surface area contributed by atoms with Crippen molar-refractivity contribution in [2.45, 2.75) is 31.7 Å². The van der Waals surface area contributed by atoms with Crippen LogP contribution >= 0.6 is 11.6 Å². The van der Waals surface area contributed by atoms with Crippen molar-refractivity contribution in [3.8, 4) is 0 Å². The molecule has 2 aliphatic rings. The van der Waals surface area contributed by atoms with Crippen molar-refractivity contribution < 1.29 is 4.79 Å². The summed E-state index contributed by atoms with van der Waals surface area (Å²) in [4.78, 5) is 16.9. The van der Waals surface area contributed by atoms with Gasteiger partial charge in [-0.15, -0.1) is 0 Å². The Hall–Kier alpha value is -1.85. The Balaban J connectivity index is 1.37. The van der Waals surface area contributed by atoms with Gasteiger partial charge in [-0.3, -0.25) is 14.8 Å². The Bertz CT molecular complexity index is 762. The Kier molecular flexibility index (Phi) is 4.52. The lowest BCUT2D eigenvalue weighted by atomic mass is 10.1. The van der Waals surface area contributed by atoms with E-state index in [1.807, 2.05) is 29.2 Å². The van der Waals surface area contributed by atoms with E-state index in [2.05, 4.69) is 28.1 Å². The topological polar surface area (TPSA) is 52.2 Å². The molecule has 1 aromatic heterocycles. The molecular formula is C19H23ClN4O. The molecule has 1 aromatic carbocycles. The number of aromatic nitrogens is 2. The fraction of sp³-hybridized carbons (Fsp3) is 0.474. The number of H-pyrrole nitrogens is 1. The van der Waals surface area contributed by atoms with Crippen LogP contribution < -0.4 is 0 Å². The van der Waals surface area contributed by atoms with E-state index in [-0.39, 0.29) is 11.9 Å². The summed E-state index contributed by atoms with van der Waals surface area (Å²) in [6, 6.07) is 10.2. The third-order valence-corrected chi connectivity index (χ3v) is 5.68. The molecule has 1 saturated heterocycles. The number of nitrogens with one attached hydrogen (secondary N) is 1. The van der Waals surface area contributed by atoms with Crippen molar-refractivity contribution >= 4 is 17.5 Å². The van der Waals surface area contributed by atoms with Crippen molar-refractivity contribution in [1.29, 1.82) is 0 Å². The largest absolute Gasteiger partial charge is 0.335 e. The van der Waals surface area contributed by atoms with Crippen molar-refractivity contribution in [3.05, 3.63) is 52.3 Å². The van der Waals surface area contributed by atoms with Gasteiger partial charge in [-0.2, -0.15) is 5.10 Å². The number of nitrogens with zero attached hydrogens (tertiary/aromatic N) is 3. The van der Waals surface area contributed by atoms with Gasteiger partial charge in [0.05, 0.1) is 0 Å². The average Bonchev–Trinajstić information content (AvgIpc) is 3.38. The fourth-order valence-electron chi connectivity index (χ4n) is 3.53. The lowest BCUT2D eigenvalue weighted by Gasteiger charge is -2.38. The Morgan fingerprint density at radius 2 is 1.96 bits per heavy atom. The molecule has 0 unspecified atom stereocenters. The quantitative estimate of drug-likeness (QED) is 0.910. The number of hydrogen-bond donors (Lipinski definition) is 1. The first-order valence-corrected chi connectivity index (χ1v) is 9.34. The molecule has 1 atom stereocenters. The minimum absolute atomic E-state index is 0.0354. The summed E-state index contributed by atoms with van der Waals surface area (Å²) in [6.07, 6.45) is 2.41. The monoisotopic (exact) mass is 358 g/mol. The maximum atomic E-state index is 12.7. The van der Waals surface area contributed by atoms with Crippen LogP contribution in [0.1, 0.15) is 53.5 Å². The second-order valence-electron chi connectivity index (χ2n) is 7.01. The Morgan fingerprint density at radius 1 is 1.24 bits per heavy atom. The summed E-state index contributed by atoms with van der Waals surface area (Å²) in [6.45, 7) is 5.31. The zero-order valence-electron chi connectivity index (χ0n) is 14.4. The molecule has 2 fully saturated rings. The van der Waals surface area contributed by atoms with Crippen molar-refractivity contribution in [1.82, 2.24) is 20.0 Å². The summed E-state index contributed by atoms with van der Waals surface area (Å²) in [5.41, 5.74) is 2.80. The van der Waals surface area contributed by atoms with E-state index >= 15 is 0 Å². The minimum Gasteiger partial charge on any atom is -0.335 e. The molecule has 4 rings (SSSR count). The number of carbonyl (C=O) groups excluding carboxylic acids is 1. The van der Waals surface area contributed by atoms with E-state index in [0.717, 1.165) is 42.5 Å². The van der Waals surface area contributed by atoms with Crippen molar-refractivity contribution in [3.63, 3.8) is 0 Å². The van der Waals surface area contributed by atoms with Crippen LogP contribution in [0.4, 0.5) is 0 Å². The Labute approximate surface area is 153 Å². The number of benzene rings is 1. The summed E-state index contributed by atoms with van der Waals surface area (Å²) in [5, 5.41) is 8.04. The first-order chi connectivity index (χ1) is 12.1. The molecule has 1 aliphatic heterocycles. The van der Waals surface area contributed by atoms with Gasteiger partial charge in [0, 0.05) is 48.9 Å². The Morgan fingerprint density at radius 3 is 2.64 bits per heavy atom. The van der Waals surface area contributed by atoms with E-state index < -0.39 is 0 Å². The summed E-state index contributed by atoms with van der Waals surface area (Å²) in [7, 11) is 0. The molecule has 1 amide bonds. The molecule has 0 bridgehead atoms. The first kappa shape index (κ1) is 16.6. The number of aromatic amines is 1. The van der Waals surface area contributed by atoms with E-state index in [4.69, 9.17) is 11.6 Å². The van der Waals surface area contributed by atoms with Gasteiger partial charge in [-0.25, -0.2) is 0 Å². The first-order valence-electron chi connectivity index (χ1n) is 8.96. The molecule has 5 nitrogen and oxygen atoms in total. The normalized spacial score (nSPS) is 19.8. The van der Waals surface area contributed by atoms with Crippen LogP contribution in [0.3, 0.4) is 0 Å². The highest BCUT2D eigenvalue weighted by Gasteiger charge is 2.30. The van der Waals surface area contributed by atoms with Gasteiger partial charge < -0.3 is 4.90 Å². The van der Waals surface area contributed by atoms with Gasteiger partial charge in [-0.05, 0) is 37.5 Å². The van der Waals surface area contributed by atoms with Crippen molar-refractivity contribution in [2.75, 3.05) is 26.2 Å². The highest BCUT2D eigenvalue weighted by atomic mass is 35.5. The predicted octanol–water partition coefficient (Wildman–Crippen LogP) is 3.46. The van der Waals surface area contributed by atoms with Gasteiger partial charge in [0.1, 0.15) is 5.69 Å². The summed E-state index contributed by atoms with van der Waals surface area (Å²) in [5.74, 6) is 0.621. The molecular weight excluding hydrogens is 336 g/mol. The third-order valence-electron chi connectivity index (χ3n) is 5.34. The molecule has 1 aliphatic carbocycles. The standard InChI is InChI=1S/C19H23ClN4O/c1-13(15-4-2-3-5-16(15)20)23-8-10-24(11-9-23)19(25)18-12-17(21-22-18)14-6-7-14/h2-5,12-14H,6-11H2,1H3,(H,21,22)/t13-/m0/s1. The van der Waals surface area contributed by atoms with Crippen LogP contribution in [0.15, 0.2) is 30.3 Å². The van der Waals surface area contributed by atoms with E-state index in [0.29, 0.717) is 11.6 Å². The second kappa shape index (κ2) is 6.81. The molecule has 1 N–H and O–H groups in total. The average molecular weight is 359 g/mol. The molecule has 1 saturated carbocycles. The van der Waals surface area contributed by atoms with Crippen LogP contribution in [0.5, 0.6) is 0 Å².